The number of aliphatic imine (C=N–C) groups is 1. The van der Waals surface area contributed by atoms with Crippen LogP contribution in [0.1, 0.15) is 34.8 Å². The molecule has 2 N–H and O–H groups in total. The summed E-state index contributed by atoms with van der Waals surface area (Å²) in [6.45, 7) is 2.37. The Morgan fingerprint density at radius 2 is 1.75 bits per heavy atom. The normalized spacial score (nSPS) is 13.2. The number of nitrogens with zero attached hydrogens (tertiary/aromatic N) is 2. The van der Waals surface area contributed by atoms with E-state index in [1.54, 1.807) is 4.90 Å². The number of hydrogen-bond donors (Lipinski definition) is 2. The first kappa shape index (κ1) is 21.1. The molecule has 1 aliphatic heterocycles. The Hall–Kier alpha value is -4.12. The zero-order valence-electron chi connectivity index (χ0n) is 17.8. The lowest BCUT2D eigenvalue weighted by atomic mass is 9.98. The maximum Gasteiger partial charge on any atom is 0.262 e. The number of hydrogen-bond acceptors (Lipinski definition) is 4. The van der Waals surface area contributed by atoms with Crippen molar-refractivity contribution in [3.8, 4) is 11.5 Å². The summed E-state index contributed by atoms with van der Waals surface area (Å²) in [4.78, 5) is 19.3. The van der Waals surface area contributed by atoms with Gasteiger partial charge in [0.1, 0.15) is 11.5 Å². The molecular formula is C27H24N2O3. The van der Waals surface area contributed by atoms with Gasteiger partial charge in [-0.15, -0.1) is 0 Å². The van der Waals surface area contributed by atoms with Gasteiger partial charge in [-0.2, -0.15) is 0 Å². The molecule has 0 bridgehead atoms. The Morgan fingerprint density at radius 1 is 1.00 bits per heavy atom. The highest BCUT2D eigenvalue weighted by Crippen LogP contribution is 2.30. The zero-order chi connectivity index (χ0) is 22.5. The van der Waals surface area contributed by atoms with Crippen LogP contribution in [0.5, 0.6) is 11.5 Å². The number of phenolic OH excluding ortho intramolecular Hbond substituents is 2. The number of anilines is 1. The second-order valence-electron chi connectivity index (χ2n) is 7.62. The number of benzene rings is 3. The smallest absolute Gasteiger partial charge is 0.262 e. The Bertz CT molecular complexity index is 1210. The topological polar surface area (TPSA) is 73.1 Å². The number of amides is 1. The lowest BCUT2D eigenvalue weighted by molar-refractivity contribution is 0.0982. The maximum atomic E-state index is 13.4. The lowest BCUT2D eigenvalue weighted by Crippen LogP contribution is -2.30. The number of carbonyl (C=O) groups excluding carboxylic acids is 1. The molecule has 0 radical (unpaired) electrons. The molecule has 0 fully saturated rings. The summed E-state index contributed by atoms with van der Waals surface area (Å²) >= 11 is 0. The fourth-order valence-corrected chi connectivity index (χ4v) is 3.69. The molecule has 0 saturated heterocycles. The van der Waals surface area contributed by atoms with Gasteiger partial charge in [-0.25, -0.2) is 0 Å². The van der Waals surface area contributed by atoms with Crippen LogP contribution in [-0.4, -0.2) is 22.3 Å². The van der Waals surface area contributed by atoms with Crippen molar-refractivity contribution < 1.29 is 15.0 Å². The molecule has 160 valence electrons. The van der Waals surface area contributed by atoms with Gasteiger partial charge in [-0.3, -0.25) is 9.79 Å². The van der Waals surface area contributed by atoms with Gasteiger partial charge in [-0.1, -0.05) is 48.5 Å². The highest BCUT2D eigenvalue weighted by Gasteiger charge is 2.21. The third kappa shape index (κ3) is 4.62. The SMILES string of the molecule is CC1=CN=CCC=C1c1ccc(N(Cc2ccccc2)C(=O)c2ccc(O)cc2O)cc1. The molecule has 5 nitrogen and oxygen atoms in total. The van der Waals surface area contributed by atoms with Crippen LogP contribution < -0.4 is 4.90 Å². The summed E-state index contributed by atoms with van der Waals surface area (Å²) in [6.07, 6.45) is 6.63. The van der Waals surface area contributed by atoms with E-state index < -0.39 is 0 Å². The highest BCUT2D eigenvalue weighted by molar-refractivity contribution is 6.08. The van der Waals surface area contributed by atoms with E-state index in [-0.39, 0.29) is 23.0 Å². The molecule has 3 aromatic rings. The average Bonchev–Trinajstić information content (AvgIpc) is 3.02. The van der Waals surface area contributed by atoms with Crippen molar-refractivity contribution in [2.24, 2.45) is 4.99 Å². The standard InChI is InChI=1S/C27H24N2O3/c1-19-17-28-15-5-8-24(19)21-9-11-22(12-10-21)29(18-20-6-3-2-4-7-20)27(32)25-14-13-23(30)16-26(25)31/h2-4,6-17,30-31H,5,18H2,1H3. The predicted molar refractivity (Wildman–Crippen MR) is 128 cm³/mol. The fraction of sp³-hybridized carbons (Fsp3) is 0.111. The Labute approximate surface area is 187 Å². The zero-order valence-corrected chi connectivity index (χ0v) is 17.8. The van der Waals surface area contributed by atoms with Crippen LogP contribution in [0.3, 0.4) is 0 Å². The third-order valence-corrected chi connectivity index (χ3v) is 5.36. The van der Waals surface area contributed by atoms with Crippen LogP contribution in [0, 0.1) is 0 Å². The monoisotopic (exact) mass is 424 g/mol. The largest absolute Gasteiger partial charge is 0.508 e. The van der Waals surface area contributed by atoms with Crippen LogP contribution in [0.4, 0.5) is 5.69 Å². The molecule has 0 aromatic heterocycles. The van der Waals surface area contributed by atoms with Gasteiger partial charge >= 0.3 is 0 Å². The van der Waals surface area contributed by atoms with Gasteiger partial charge in [-0.05, 0) is 53.5 Å². The molecular weight excluding hydrogens is 400 g/mol. The first-order valence-corrected chi connectivity index (χ1v) is 10.4. The van der Waals surface area contributed by atoms with Crippen molar-refractivity contribution >= 4 is 23.4 Å². The van der Waals surface area contributed by atoms with Crippen LogP contribution in [0.15, 0.2) is 95.6 Å². The molecule has 1 heterocycles. The van der Waals surface area contributed by atoms with Crippen LogP contribution in [-0.2, 0) is 6.54 Å². The fourth-order valence-electron chi connectivity index (χ4n) is 3.69. The van der Waals surface area contributed by atoms with Crippen molar-refractivity contribution in [1.29, 1.82) is 0 Å². The molecule has 4 rings (SSSR count). The third-order valence-electron chi connectivity index (χ3n) is 5.36. The molecule has 0 unspecified atom stereocenters. The van der Waals surface area contributed by atoms with E-state index in [4.69, 9.17) is 0 Å². The lowest BCUT2D eigenvalue weighted by Gasteiger charge is -2.24. The molecule has 3 aromatic carbocycles. The highest BCUT2D eigenvalue weighted by atomic mass is 16.3. The van der Waals surface area contributed by atoms with Crippen molar-refractivity contribution in [3.63, 3.8) is 0 Å². The average molecular weight is 425 g/mol. The number of rotatable bonds is 5. The Morgan fingerprint density at radius 3 is 2.47 bits per heavy atom. The number of aromatic hydroxyl groups is 2. The molecule has 0 saturated carbocycles. The van der Waals surface area contributed by atoms with Gasteiger partial charge in [0.05, 0.1) is 12.1 Å². The number of allylic oxidation sites excluding steroid dienone is 3. The van der Waals surface area contributed by atoms with Crippen molar-refractivity contribution in [1.82, 2.24) is 0 Å². The van der Waals surface area contributed by atoms with Crippen LogP contribution in [0.2, 0.25) is 0 Å². The second kappa shape index (κ2) is 9.35. The van der Waals surface area contributed by atoms with Gasteiger partial charge in [0, 0.05) is 30.6 Å². The van der Waals surface area contributed by atoms with E-state index in [2.05, 4.69) is 11.1 Å². The molecule has 0 aliphatic carbocycles. The molecule has 0 spiro atoms. The minimum absolute atomic E-state index is 0.0953. The summed E-state index contributed by atoms with van der Waals surface area (Å²) in [5, 5.41) is 19.9. The quantitative estimate of drug-likeness (QED) is 0.551. The van der Waals surface area contributed by atoms with Crippen molar-refractivity contribution in [2.75, 3.05) is 4.90 Å². The van der Waals surface area contributed by atoms with E-state index >= 15 is 0 Å². The minimum Gasteiger partial charge on any atom is -0.508 e. The molecule has 32 heavy (non-hydrogen) atoms. The Kier molecular flexibility index (Phi) is 6.17. The van der Waals surface area contributed by atoms with Crippen molar-refractivity contribution in [2.45, 2.75) is 19.9 Å². The summed E-state index contributed by atoms with van der Waals surface area (Å²) in [5.74, 6) is -0.701. The van der Waals surface area contributed by atoms with Crippen LogP contribution >= 0.6 is 0 Å². The van der Waals surface area contributed by atoms with Gasteiger partial charge in [0.25, 0.3) is 5.91 Å². The van der Waals surface area contributed by atoms with E-state index in [1.807, 2.05) is 73.9 Å². The van der Waals surface area contributed by atoms with Gasteiger partial charge in [0.15, 0.2) is 0 Å². The van der Waals surface area contributed by atoms with E-state index in [1.165, 1.54) is 18.2 Å². The number of carbonyl (C=O) groups is 1. The molecule has 1 amide bonds. The summed E-state index contributed by atoms with van der Waals surface area (Å²) in [7, 11) is 0. The minimum atomic E-state index is -0.350. The molecule has 1 aliphatic rings. The van der Waals surface area contributed by atoms with Crippen molar-refractivity contribution in [3.05, 3.63) is 107 Å². The molecule has 5 heteroatoms. The maximum absolute atomic E-state index is 13.4. The van der Waals surface area contributed by atoms with Gasteiger partial charge < -0.3 is 15.1 Å². The number of phenols is 2. The first-order valence-electron chi connectivity index (χ1n) is 10.4. The van der Waals surface area contributed by atoms with E-state index in [0.29, 0.717) is 12.2 Å². The first-order chi connectivity index (χ1) is 15.5. The second-order valence-corrected chi connectivity index (χ2v) is 7.62. The summed E-state index contributed by atoms with van der Waals surface area (Å²) in [6, 6.07) is 21.5. The summed E-state index contributed by atoms with van der Waals surface area (Å²) in [5.41, 5.74) is 5.05. The molecule has 0 atom stereocenters. The summed E-state index contributed by atoms with van der Waals surface area (Å²) < 4.78 is 0. The van der Waals surface area contributed by atoms with Crippen LogP contribution in [0.25, 0.3) is 5.57 Å². The van der Waals surface area contributed by atoms with E-state index in [0.717, 1.165) is 28.7 Å². The van der Waals surface area contributed by atoms with E-state index in [9.17, 15) is 15.0 Å². The van der Waals surface area contributed by atoms with Gasteiger partial charge in [0.2, 0.25) is 0 Å². The Balaban J connectivity index is 1.69. The predicted octanol–water partition coefficient (Wildman–Crippen LogP) is 5.71.